The maximum atomic E-state index is 5.89. The van der Waals surface area contributed by atoms with Crippen LogP contribution in [0.1, 0.15) is 0 Å². The Balaban J connectivity index is 0.00000112. The molecule has 0 spiro atoms. The Bertz CT molecular complexity index is 444. The van der Waals surface area contributed by atoms with E-state index in [9.17, 15) is 0 Å². The number of rotatable bonds is 1. The van der Waals surface area contributed by atoms with E-state index in [1.807, 2.05) is 48.5 Å². The lowest BCUT2D eigenvalue weighted by atomic mass is 10.0. The van der Waals surface area contributed by atoms with Gasteiger partial charge in [-0.3, -0.25) is 0 Å². The molecule has 2 aromatic carbocycles. The van der Waals surface area contributed by atoms with Gasteiger partial charge in [-0.15, -0.1) is 24.8 Å². The molecular weight excluding hydrogens is 243 g/mol. The van der Waals surface area contributed by atoms with Gasteiger partial charge in [0.25, 0.3) is 0 Å². The lowest BCUT2D eigenvalue weighted by molar-refractivity contribution is 1.60. The van der Waals surface area contributed by atoms with Gasteiger partial charge in [0, 0.05) is 5.56 Å². The Kier molecular flexibility index (Phi) is 5.72. The van der Waals surface area contributed by atoms with Crippen LogP contribution in [0.5, 0.6) is 0 Å². The van der Waals surface area contributed by atoms with Gasteiger partial charge in [0.2, 0.25) is 0 Å². The molecule has 0 atom stereocenters. The summed E-state index contributed by atoms with van der Waals surface area (Å²) in [5, 5.41) is 0. The van der Waals surface area contributed by atoms with Gasteiger partial charge >= 0.3 is 0 Å². The zero-order chi connectivity index (χ0) is 9.97. The third-order valence-electron chi connectivity index (χ3n) is 2.22. The number of anilines is 2. The molecule has 2 rings (SSSR count). The Morgan fingerprint density at radius 3 is 1.94 bits per heavy atom. The number of halogens is 2. The highest BCUT2D eigenvalue weighted by atomic mass is 35.5. The van der Waals surface area contributed by atoms with Crippen molar-refractivity contribution in [1.29, 1.82) is 0 Å². The molecule has 16 heavy (non-hydrogen) atoms. The predicted octanol–water partition coefficient (Wildman–Crippen LogP) is 3.36. The van der Waals surface area contributed by atoms with E-state index < -0.39 is 0 Å². The molecule has 0 aliphatic heterocycles. The molecule has 0 amide bonds. The molecule has 86 valence electrons. The highest BCUT2D eigenvalue weighted by Gasteiger charge is 2.03. The molecule has 0 radical (unpaired) electrons. The second-order valence-corrected chi connectivity index (χ2v) is 3.17. The average Bonchev–Trinajstić information content (AvgIpc) is 2.23. The van der Waals surface area contributed by atoms with Crippen LogP contribution in [0.15, 0.2) is 48.5 Å². The van der Waals surface area contributed by atoms with Crippen molar-refractivity contribution in [2.24, 2.45) is 0 Å². The zero-order valence-corrected chi connectivity index (χ0v) is 10.2. The molecule has 0 aliphatic carbocycles. The van der Waals surface area contributed by atoms with Crippen LogP contribution in [0.2, 0.25) is 0 Å². The predicted molar refractivity (Wildman–Crippen MR) is 75.2 cm³/mol. The second-order valence-electron chi connectivity index (χ2n) is 3.17. The number of benzene rings is 2. The number of nitrogen functional groups attached to an aromatic ring is 2. The van der Waals surface area contributed by atoms with Gasteiger partial charge in [-0.2, -0.15) is 0 Å². The van der Waals surface area contributed by atoms with Crippen molar-refractivity contribution < 1.29 is 0 Å². The van der Waals surface area contributed by atoms with Crippen molar-refractivity contribution in [2.75, 3.05) is 11.5 Å². The van der Waals surface area contributed by atoms with Crippen LogP contribution in [0.4, 0.5) is 11.4 Å². The van der Waals surface area contributed by atoms with E-state index in [1.165, 1.54) is 0 Å². The lowest BCUT2D eigenvalue weighted by Gasteiger charge is -2.07. The highest BCUT2D eigenvalue weighted by Crippen LogP contribution is 2.29. The standard InChI is InChI=1S/C12H12N2.2ClH/c13-11-8-4-7-10(12(11)14)9-5-2-1-3-6-9;;/h1-8H,13-14H2;2*1H. The summed E-state index contributed by atoms with van der Waals surface area (Å²) < 4.78 is 0. The van der Waals surface area contributed by atoms with E-state index in [0.717, 1.165) is 11.1 Å². The molecule has 0 bridgehead atoms. The maximum absolute atomic E-state index is 5.89. The molecule has 0 aliphatic rings. The van der Waals surface area contributed by atoms with Crippen molar-refractivity contribution in [3.63, 3.8) is 0 Å². The van der Waals surface area contributed by atoms with Gasteiger partial charge in [-0.25, -0.2) is 0 Å². The van der Waals surface area contributed by atoms with Crippen LogP contribution >= 0.6 is 24.8 Å². The maximum Gasteiger partial charge on any atom is 0.0627 e. The van der Waals surface area contributed by atoms with Gasteiger partial charge in [-0.05, 0) is 11.6 Å². The van der Waals surface area contributed by atoms with Gasteiger partial charge in [-0.1, -0.05) is 42.5 Å². The molecule has 2 nitrogen and oxygen atoms in total. The smallest absolute Gasteiger partial charge is 0.0627 e. The SMILES string of the molecule is Cl.Cl.Nc1cccc(-c2ccccc2)c1N. The van der Waals surface area contributed by atoms with E-state index in [2.05, 4.69) is 0 Å². The minimum absolute atomic E-state index is 0. The summed E-state index contributed by atoms with van der Waals surface area (Å²) in [4.78, 5) is 0. The molecule has 4 heteroatoms. The first-order valence-electron chi connectivity index (χ1n) is 4.48. The van der Waals surface area contributed by atoms with Crippen molar-refractivity contribution in [2.45, 2.75) is 0 Å². The molecule has 0 heterocycles. The van der Waals surface area contributed by atoms with Crippen LogP contribution in [0, 0.1) is 0 Å². The summed E-state index contributed by atoms with van der Waals surface area (Å²) in [5.74, 6) is 0. The van der Waals surface area contributed by atoms with Gasteiger partial charge in [0.05, 0.1) is 11.4 Å². The van der Waals surface area contributed by atoms with E-state index in [-0.39, 0.29) is 24.8 Å². The third kappa shape index (κ3) is 2.81. The topological polar surface area (TPSA) is 52.0 Å². The zero-order valence-electron chi connectivity index (χ0n) is 8.59. The lowest BCUT2D eigenvalue weighted by Crippen LogP contribution is -1.96. The van der Waals surface area contributed by atoms with Crippen molar-refractivity contribution in [1.82, 2.24) is 0 Å². The first kappa shape index (κ1) is 14.6. The van der Waals surface area contributed by atoms with Crippen LogP contribution in [0.3, 0.4) is 0 Å². The Morgan fingerprint density at radius 2 is 1.31 bits per heavy atom. The van der Waals surface area contributed by atoms with Crippen LogP contribution < -0.4 is 11.5 Å². The molecule has 0 unspecified atom stereocenters. The number of para-hydroxylation sites is 1. The summed E-state index contributed by atoms with van der Waals surface area (Å²) in [5.41, 5.74) is 15.0. The minimum Gasteiger partial charge on any atom is -0.397 e. The van der Waals surface area contributed by atoms with Crippen molar-refractivity contribution >= 4 is 36.2 Å². The number of hydrogen-bond donors (Lipinski definition) is 2. The summed E-state index contributed by atoms with van der Waals surface area (Å²) in [7, 11) is 0. The van der Waals surface area contributed by atoms with Crippen molar-refractivity contribution in [3.8, 4) is 11.1 Å². The fourth-order valence-corrected chi connectivity index (χ4v) is 1.45. The van der Waals surface area contributed by atoms with E-state index in [4.69, 9.17) is 11.5 Å². The van der Waals surface area contributed by atoms with Gasteiger partial charge in [0.1, 0.15) is 0 Å². The molecule has 0 aromatic heterocycles. The largest absolute Gasteiger partial charge is 0.397 e. The summed E-state index contributed by atoms with van der Waals surface area (Å²) in [6.45, 7) is 0. The fraction of sp³-hybridized carbons (Fsp3) is 0. The summed E-state index contributed by atoms with van der Waals surface area (Å²) in [6.07, 6.45) is 0. The first-order valence-corrected chi connectivity index (χ1v) is 4.48. The van der Waals surface area contributed by atoms with Gasteiger partial charge in [0.15, 0.2) is 0 Å². The molecule has 4 N–H and O–H groups in total. The van der Waals surface area contributed by atoms with Crippen LogP contribution in [0.25, 0.3) is 11.1 Å². The average molecular weight is 257 g/mol. The van der Waals surface area contributed by atoms with Crippen molar-refractivity contribution in [3.05, 3.63) is 48.5 Å². The fourth-order valence-electron chi connectivity index (χ4n) is 1.45. The van der Waals surface area contributed by atoms with Crippen LogP contribution in [-0.4, -0.2) is 0 Å². The quantitative estimate of drug-likeness (QED) is 0.769. The first-order chi connectivity index (χ1) is 6.79. The Labute approximate surface area is 107 Å². The normalized spacial score (nSPS) is 8.75. The second kappa shape index (κ2) is 6.26. The molecule has 0 saturated carbocycles. The minimum atomic E-state index is 0. The molecular formula is C12H14Cl2N2. The third-order valence-corrected chi connectivity index (χ3v) is 2.22. The molecule has 0 saturated heterocycles. The van der Waals surface area contributed by atoms with Crippen LogP contribution in [-0.2, 0) is 0 Å². The molecule has 2 aromatic rings. The highest BCUT2D eigenvalue weighted by molar-refractivity contribution is 5.85. The Hall–Kier alpha value is -1.38. The number of nitrogens with two attached hydrogens (primary N) is 2. The summed E-state index contributed by atoms with van der Waals surface area (Å²) in [6, 6.07) is 15.7. The van der Waals surface area contributed by atoms with Gasteiger partial charge < -0.3 is 11.5 Å². The molecule has 0 fully saturated rings. The van der Waals surface area contributed by atoms with E-state index >= 15 is 0 Å². The monoisotopic (exact) mass is 256 g/mol. The van der Waals surface area contributed by atoms with E-state index in [1.54, 1.807) is 0 Å². The summed E-state index contributed by atoms with van der Waals surface area (Å²) >= 11 is 0. The number of hydrogen-bond acceptors (Lipinski definition) is 2. The Morgan fingerprint density at radius 1 is 0.688 bits per heavy atom. The van der Waals surface area contributed by atoms with E-state index in [0.29, 0.717) is 11.4 Å².